The van der Waals surface area contributed by atoms with E-state index >= 15 is 177 Å². The number of rotatable bonds is 45. The SMILES string of the molecule is C=C(C(=O)OCC)N(F)S(=O)(=O)C(C(C(C(C(C(C(CC)(C(S(=O)(=O)NF)(S(=O)(=O)NF)S(=O)(=O)NF)S(=O)(=O)NF)(S(=O)(=O)NF)S(=O)(=O)NF)(S(=O)(=O)NF)S(=O)(=O)NF)(S(=O)(=O)NF)S(=O)(=O)NF)(S(=O)(=O)NF)S(=O)(=O)NF)(S(=O)(=O)NF)S(=O)(=O)NF)(S(=O)(=O)NF)S(=O)(=O)NF. The number of esters is 1. The number of hydrogen-bond donors (Lipinski definition) is 16. The molecule has 0 bridgehead atoms. The lowest BCUT2D eigenvalue weighted by Crippen LogP contribution is -3.03. The second-order valence-electron chi connectivity index (χ2n) is 16.6. The summed E-state index contributed by atoms with van der Waals surface area (Å²) in [5, 5.41) is 0. The van der Waals surface area contributed by atoms with Crippen molar-refractivity contribution in [1.82, 2.24) is 83.6 Å². The van der Waals surface area contributed by atoms with E-state index in [0.29, 0.717) is 0 Å². The van der Waals surface area contributed by atoms with E-state index in [1.807, 2.05) is 0 Å². The first kappa shape index (κ1) is 98.3. The molecule has 0 saturated carbocycles. The number of hydrogen-bond acceptors (Lipinski definition) is 36. The molecule has 0 heterocycles. The first-order valence-electron chi connectivity index (χ1n) is 20.8. The molecule has 0 aliphatic carbocycles. The predicted molar refractivity (Wildman–Crippen MR) is 280 cm³/mol. The Kier molecular flexibility index (Phi) is 28.6. The Balaban J connectivity index is 17.1. The Labute approximate surface area is 556 Å². The van der Waals surface area contributed by atoms with Gasteiger partial charge in [0.05, 0.1) is 6.61 Å². The molecule has 610 valence electrons. The van der Waals surface area contributed by atoms with Gasteiger partial charge >= 0.3 is 22.8 Å². The third kappa shape index (κ3) is 11.1. The summed E-state index contributed by atoms with van der Waals surface area (Å²) in [6.45, 7) is -1.98. The van der Waals surface area contributed by atoms with Gasteiger partial charge in [-0.25, -0.2) is 148 Å². The average molecular weight is 1890 g/mol. The first-order valence-corrected chi connectivity index (χ1v) is 46.0. The van der Waals surface area contributed by atoms with Gasteiger partial charge in [-0.05, 0) is 92.5 Å². The molecule has 0 spiro atoms. The molecule has 87 heteroatoms. The molecule has 0 aromatic heterocycles. The summed E-state index contributed by atoms with van der Waals surface area (Å²) < 4.78 is 703. The highest BCUT2D eigenvalue weighted by Crippen LogP contribution is 2.74. The summed E-state index contributed by atoms with van der Waals surface area (Å²) in [5.41, 5.74) is -4.07. The average Bonchev–Trinajstić information content (AvgIpc) is 0.591. The van der Waals surface area contributed by atoms with Crippen molar-refractivity contribution in [2.24, 2.45) is 0 Å². The van der Waals surface area contributed by atoms with E-state index in [0.717, 1.165) is 0 Å². The fraction of sp³-hybridized carbons (Fsp3) is 0.800. The molecule has 0 amide bonds. The van der Waals surface area contributed by atoms with Crippen molar-refractivity contribution in [2.45, 2.75) is 52.2 Å². The van der Waals surface area contributed by atoms with Crippen LogP contribution < -0.4 is 79.1 Å². The molecule has 1 atom stereocenters. The zero-order chi connectivity index (χ0) is 82.7. The fourth-order valence-electron chi connectivity index (χ4n) is 10.0. The van der Waals surface area contributed by atoms with Crippen LogP contribution in [0.2, 0.25) is 0 Å². The zero-order valence-corrected chi connectivity index (χ0v) is 59.5. The van der Waals surface area contributed by atoms with Crippen LogP contribution in [0.1, 0.15) is 20.3 Å². The van der Waals surface area contributed by atoms with Crippen LogP contribution in [0.25, 0.3) is 0 Å². The molecule has 0 aromatic carbocycles. The van der Waals surface area contributed by atoms with Crippen molar-refractivity contribution in [3.05, 3.63) is 12.3 Å². The second kappa shape index (κ2) is 29.7. The van der Waals surface area contributed by atoms with E-state index in [1.54, 1.807) is 6.58 Å². The van der Waals surface area contributed by atoms with Crippen molar-refractivity contribution < 1.29 is 229 Å². The minimum absolute atomic E-state index is 0.189. The van der Waals surface area contributed by atoms with Crippen LogP contribution in [0.15, 0.2) is 12.3 Å². The van der Waals surface area contributed by atoms with Crippen LogP contribution in [0.5, 0.6) is 0 Å². The Morgan fingerprint density at radius 3 is 0.637 bits per heavy atom. The summed E-state index contributed by atoms with van der Waals surface area (Å²) in [4.78, 5) is -24.6. The number of carbonyl (C=O) groups is 1. The van der Waals surface area contributed by atoms with Crippen molar-refractivity contribution >= 4 is 176 Å². The Morgan fingerprint density at radius 1 is 0.284 bits per heavy atom. The number of sulfonamides is 17. The van der Waals surface area contributed by atoms with Gasteiger partial charge in [0.25, 0.3) is 171 Å². The molecule has 0 aliphatic heterocycles. The van der Waals surface area contributed by atoms with Gasteiger partial charge in [0.15, 0.2) is 10.4 Å². The predicted octanol–water partition coefficient (Wildman–Crippen LogP) is -12.6. The molecular formula is C15H28F17N17O36S17. The molecule has 0 fully saturated rings. The standard InChI is InChI=1S/C15H28F17N17O36S17/c1-4-8(86(51,52)33-16,14(97(73,74)44-27,98(75,76)45-28)99(77,78)46-29)9(87(53,54)34-17,88(55,56)35-18)10(89(57,58)36-19,90(59,60)37-20)11(91(61,62)38-21,92(63,64)39-22)12(93(65,66)40-23,94(67,68)41-24)13(95(69,70)42-25,96(71,72)43-26)15(100(79,80)47-30,101(81,82)48-31)102(83,84)49(32)6(3)7(50)85-5-2/h33-48H,3-5H2,1-2H3. The van der Waals surface area contributed by atoms with Gasteiger partial charge < -0.3 is 4.74 Å². The summed E-state index contributed by atoms with van der Waals surface area (Å²) in [6, 6.07) is 0. The van der Waals surface area contributed by atoms with Gasteiger partial charge in [-0.3, -0.25) is 0 Å². The molecule has 0 aliphatic rings. The maximum absolute atomic E-state index is 17.4. The van der Waals surface area contributed by atoms with Crippen LogP contribution in [0.3, 0.4) is 0 Å². The minimum Gasteiger partial charge on any atom is -0.461 e. The monoisotopic (exact) mass is 1890 g/mol. The number of nitrogens with zero attached hydrogens (tertiary/aromatic N) is 1. The van der Waals surface area contributed by atoms with Crippen LogP contribution in [-0.2, 0) is 180 Å². The molecule has 0 aromatic rings. The molecule has 102 heavy (non-hydrogen) atoms. The highest BCUT2D eigenvalue weighted by Gasteiger charge is 3.14. The van der Waals surface area contributed by atoms with Crippen LogP contribution in [0, 0.1) is 0 Å². The van der Waals surface area contributed by atoms with Crippen molar-refractivity contribution in [1.29, 1.82) is 0 Å². The summed E-state index contributed by atoms with van der Waals surface area (Å²) >= 11 is 0. The molecule has 0 rings (SSSR count). The molecule has 0 saturated heterocycles. The lowest BCUT2D eigenvalue weighted by atomic mass is 9.94. The van der Waals surface area contributed by atoms with Gasteiger partial charge in [0.2, 0.25) is 10.0 Å². The van der Waals surface area contributed by atoms with Crippen LogP contribution in [-0.4, -0.2) is 192 Å². The van der Waals surface area contributed by atoms with Crippen LogP contribution in [0.4, 0.5) is 76.2 Å². The summed E-state index contributed by atoms with van der Waals surface area (Å²) in [7, 11) is -198. The number of ether oxygens (including phenoxy) is 1. The van der Waals surface area contributed by atoms with Crippen molar-refractivity contribution in [3.63, 3.8) is 0 Å². The Morgan fingerprint density at radius 2 is 0.451 bits per heavy atom. The van der Waals surface area contributed by atoms with Crippen molar-refractivity contribution in [2.75, 3.05) is 6.61 Å². The van der Waals surface area contributed by atoms with E-state index in [4.69, 9.17) is 0 Å². The number of carbonyl (C=O) groups excluding carboxylic acids is 1. The van der Waals surface area contributed by atoms with Gasteiger partial charge in [0.1, 0.15) is 0 Å². The zero-order valence-electron chi connectivity index (χ0n) is 45.6. The van der Waals surface area contributed by atoms with Gasteiger partial charge in [0, 0.05) is 0 Å². The van der Waals surface area contributed by atoms with E-state index in [9.17, 15) is 46.9 Å². The maximum Gasteiger partial charge on any atom is 0.363 e. The largest absolute Gasteiger partial charge is 0.461 e. The minimum atomic E-state index is -12.4. The van der Waals surface area contributed by atoms with Gasteiger partial charge in [-0.2, -0.15) is 0 Å². The number of nitrogens with one attached hydrogen (secondary N) is 16. The molecule has 0 radical (unpaired) electrons. The normalized spacial score (nSPS) is 16.2. The lowest BCUT2D eigenvalue weighted by Gasteiger charge is -2.62. The molecule has 53 nitrogen and oxygen atoms in total. The summed E-state index contributed by atoms with van der Waals surface area (Å²) in [6.07, 6.45) is -5.55. The van der Waals surface area contributed by atoms with E-state index in [2.05, 4.69) is 4.74 Å². The third-order valence-electron chi connectivity index (χ3n) is 12.6. The first-order chi connectivity index (χ1) is 45.3. The van der Waals surface area contributed by atoms with E-state index < -0.39 is 318 Å². The summed E-state index contributed by atoms with van der Waals surface area (Å²) in [5.74, 6) is -3.67. The van der Waals surface area contributed by atoms with Crippen molar-refractivity contribution in [3.8, 4) is 0 Å². The highest BCUT2D eigenvalue weighted by atomic mass is 32.3. The van der Waals surface area contributed by atoms with Gasteiger partial charge in [-0.1, -0.05) is 22.5 Å². The topological polar surface area (TPSA) is 802 Å². The van der Waals surface area contributed by atoms with Gasteiger partial charge in [-0.15, -0.1) is 71.7 Å². The molecular weight excluding hydrogens is 1860 g/mol. The highest BCUT2D eigenvalue weighted by molar-refractivity contribution is 8.30. The van der Waals surface area contributed by atoms with E-state index in [1.165, 1.54) is 0 Å². The third-order valence-corrected chi connectivity index (χ3v) is 56.2. The molecule has 1 unspecified atom stereocenters. The fourth-order valence-corrected chi connectivity index (χ4v) is 61.9. The maximum atomic E-state index is 17.4. The van der Waals surface area contributed by atoms with Crippen LogP contribution >= 0.6 is 0 Å². The smallest absolute Gasteiger partial charge is 0.363 e. The second-order valence-corrected chi connectivity index (χ2v) is 49.7. The molecule has 16 N–H and O–H groups in total. The Hall–Kier alpha value is -3.67. The quantitative estimate of drug-likeness (QED) is 0.0116. The Bertz CT molecular complexity index is 5140. The lowest BCUT2D eigenvalue weighted by molar-refractivity contribution is -0.141. The van der Waals surface area contributed by atoms with E-state index in [-0.39, 0.29) is 6.92 Å². The number of halogens is 17.